The van der Waals surface area contributed by atoms with Crippen LogP contribution < -0.4 is 5.32 Å². The minimum absolute atomic E-state index is 0.0461. The van der Waals surface area contributed by atoms with Gasteiger partial charge in [-0.2, -0.15) is 0 Å². The van der Waals surface area contributed by atoms with Crippen molar-refractivity contribution >= 4 is 27.9 Å². The summed E-state index contributed by atoms with van der Waals surface area (Å²) in [5.74, 6) is 0.372. The Kier molecular flexibility index (Phi) is 5.25. The smallest absolute Gasteiger partial charge is 0.275 e. The molecule has 1 aromatic heterocycles. The number of ether oxygens (including phenoxy) is 1. The van der Waals surface area contributed by atoms with Gasteiger partial charge in [-0.25, -0.2) is 4.98 Å². The molecule has 1 N–H and O–H groups in total. The summed E-state index contributed by atoms with van der Waals surface area (Å²) in [5, 5.41) is 4.06. The Hall–Kier alpha value is -1.92. The summed E-state index contributed by atoms with van der Waals surface area (Å²) in [7, 11) is 1.84. The number of hydrogen-bond acceptors (Lipinski definition) is 5. The molecule has 1 fully saturated rings. The second-order valence-corrected chi connectivity index (χ2v) is 6.64. The number of thiazole rings is 1. The van der Waals surface area contributed by atoms with Gasteiger partial charge in [0.15, 0.2) is 5.69 Å². The molecule has 1 aliphatic rings. The van der Waals surface area contributed by atoms with E-state index in [0.717, 1.165) is 36.7 Å². The Labute approximate surface area is 140 Å². The van der Waals surface area contributed by atoms with Gasteiger partial charge >= 0.3 is 0 Å². The summed E-state index contributed by atoms with van der Waals surface area (Å²) in [4.78, 5) is 18.7. The molecule has 1 aliphatic heterocycles. The Morgan fingerprint density at radius 2 is 2.26 bits per heavy atom. The molecule has 3 rings (SSSR count). The number of aromatic nitrogens is 1. The first-order chi connectivity index (χ1) is 11.2. The fourth-order valence-corrected chi connectivity index (χ4v) is 3.43. The lowest BCUT2D eigenvalue weighted by molar-refractivity contribution is 0.0387. The van der Waals surface area contributed by atoms with Gasteiger partial charge in [0.25, 0.3) is 5.91 Å². The van der Waals surface area contributed by atoms with Crippen LogP contribution in [0.5, 0.6) is 0 Å². The molecule has 2 aromatic rings. The van der Waals surface area contributed by atoms with E-state index in [4.69, 9.17) is 4.74 Å². The van der Waals surface area contributed by atoms with E-state index in [0.29, 0.717) is 18.2 Å². The van der Waals surface area contributed by atoms with Gasteiger partial charge < -0.3 is 15.0 Å². The highest BCUT2D eigenvalue weighted by atomic mass is 32.1. The minimum Gasteiger partial charge on any atom is -0.381 e. The molecule has 2 heterocycles. The van der Waals surface area contributed by atoms with Gasteiger partial charge in [0.1, 0.15) is 5.00 Å². The maximum Gasteiger partial charge on any atom is 0.275 e. The van der Waals surface area contributed by atoms with Crippen LogP contribution in [0.15, 0.2) is 35.8 Å². The van der Waals surface area contributed by atoms with E-state index in [1.54, 1.807) is 10.4 Å². The van der Waals surface area contributed by atoms with Gasteiger partial charge in [0.2, 0.25) is 0 Å². The third-order valence-corrected chi connectivity index (χ3v) is 4.68. The van der Waals surface area contributed by atoms with Crippen molar-refractivity contribution in [1.29, 1.82) is 0 Å². The first-order valence-corrected chi connectivity index (χ1v) is 8.71. The average molecular weight is 331 g/mol. The second-order valence-electron chi connectivity index (χ2n) is 5.79. The van der Waals surface area contributed by atoms with Crippen LogP contribution >= 0.6 is 11.3 Å². The molecule has 0 radical (unpaired) electrons. The molecular weight excluding hydrogens is 310 g/mol. The number of carbonyl (C=O) groups is 1. The van der Waals surface area contributed by atoms with E-state index < -0.39 is 0 Å². The summed E-state index contributed by atoms with van der Waals surface area (Å²) in [5.41, 5.74) is 3.14. The molecule has 23 heavy (non-hydrogen) atoms. The molecule has 0 saturated carbocycles. The van der Waals surface area contributed by atoms with Crippen LogP contribution in [-0.2, 0) is 4.74 Å². The minimum atomic E-state index is -0.0461. The lowest BCUT2D eigenvalue weighted by atomic mass is 10.0. The fourth-order valence-electron chi connectivity index (χ4n) is 2.74. The molecule has 0 spiro atoms. The Bertz CT molecular complexity index is 638. The van der Waals surface area contributed by atoms with Gasteiger partial charge in [-0.05, 0) is 30.9 Å². The second kappa shape index (κ2) is 7.57. The topological polar surface area (TPSA) is 54.5 Å². The number of anilines is 2. The number of nitrogens with zero attached hydrogens (tertiary/aromatic N) is 2. The molecule has 0 bridgehead atoms. The lowest BCUT2D eigenvalue weighted by Crippen LogP contribution is -2.35. The normalized spacial score (nSPS) is 17.7. The Morgan fingerprint density at radius 1 is 1.43 bits per heavy atom. The van der Waals surface area contributed by atoms with Gasteiger partial charge in [-0.3, -0.25) is 4.79 Å². The summed E-state index contributed by atoms with van der Waals surface area (Å²) in [6, 6.07) is 9.82. The monoisotopic (exact) mass is 331 g/mol. The quantitative estimate of drug-likeness (QED) is 0.912. The largest absolute Gasteiger partial charge is 0.381 e. The third kappa shape index (κ3) is 4.09. The molecule has 1 amide bonds. The summed E-state index contributed by atoms with van der Waals surface area (Å²) < 4.78 is 5.49. The van der Waals surface area contributed by atoms with Gasteiger partial charge in [0.05, 0.1) is 12.1 Å². The standard InChI is InChI=1S/C17H21N3O2S/c1-20(10-13-6-5-9-22-11-13)17(21)15-16(23-12-18-15)19-14-7-3-2-4-8-14/h2-4,7-8,12-13,19H,5-6,9-11H2,1H3. The molecule has 122 valence electrons. The van der Waals surface area contributed by atoms with Crippen molar-refractivity contribution in [3.05, 3.63) is 41.5 Å². The zero-order valence-corrected chi connectivity index (χ0v) is 14.0. The lowest BCUT2D eigenvalue weighted by Gasteiger charge is -2.27. The molecule has 0 aliphatic carbocycles. The molecule has 6 heteroatoms. The summed E-state index contributed by atoms with van der Waals surface area (Å²) in [6.07, 6.45) is 2.19. The van der Waals surface area contributed by atoms with Crippen LogP contribution in [0.2, 0.25) is 0 Å². The van der Waals surface area contributed by atoms with Crippen molar-refractivity contribution in [2.45, 2.75) is 12.8 Å². The molecule has 1 atom stereocenters. The predicted molar refractivity (Wildman–Crippen MR) is 92.3 cm³/mol. The maximum absolute atomic E-state index is 12.7. The molecular formula is C17H21N3O2S. The highest BCUT2D eigenvalue weighted by Gasteiger charge is 2.23. The van der Waals surface area contributed by atoms with Crippen LogP contribution in [0.1, 0.15) is 23.3 Å². The third-order valence-electron chi connectivity index (χ3n) is 3.94. The van der Waals surface area contributed by atoms with Crippen LogP contribution in [-0.4, -0.2) is 42.6 Å². The van der Waals surface area contributed by atoms with Crippen molar-refractivity contribution in [2.75, 3.05) is 32.1 Å². The first-order valence-electron chi connectivity index (χ1n) is 7.83. The predicted octanol–water partition coefficient (Wildman–Crippen LogP) is 3.39. The van der Waals surface area contributed by atoms with Crippen molar-refractivity contribution in [1.82, 2.24) is 9.88 Å². The number of para-hydroxylation sites is 1. The van der Waals surface area contributed by atoms with Crippen LogP contribution in [0.4, 0.5) is 10.7 Å². The average Bonchev–Trinajstić information content (AvgIpc) is 3.04. The zero-order valence-electron chi connectivity index (χ0n) is 13.2. The summed E-state index contributed by atoms with van der Waals surface area (Å²) in [6.45, 7) is 2.29. The highest BCUT2D eigenvalue weighted by molar-refractivity contribution is 7.14. The van der Waals surface area contributed by atoms with E-state index >= 15 is 0 Å². The van der Waals surface area contributed by atoms with E-state index in [-0.39, 0.29) is 5.91 Å². The fraction of sp³-hybridized carbons (Fsp3) is 0.412. The van der Waals surface area contributed by atoms with E-state index in [9.17, 15) is 4.79 Å². The zero-order chi connectivity index (χ0) is 16.1. The maximum atomic E-state index is 12.7. The number of hydrogen-bond donors (Lipinski definition) is 1. The van der Waals surface area contributed by atoms with E-state index in [1.165, 1.54) is 11.3 Å². The van der Waals surface area contributed by atoms with E-state index in [1.807, 2.05) is 37.4 Å². The van der Waals surface area contributed by atoms with Gasteiger partial charge in [-0.1, -0.05) is 18.2 Å². The number of amides is 1. The van der Waals surface area contributed by atoms with Crippen LogP contribution in [0, 0.1) is 5.92 Å². The highest BCUT2D eigenvalue weighted by Crippen LogP contribution is 2.26. The number of nitrogens with one attached hydrogen (secondary N) is 1. The van der Waals surface area contributed by atoms with Crippen LogP contribution in [0.25, 0.3) is 0 Å². The molecule has 1 saturated heterocycles. The van der Waals surface area contributed by atoms with Crippen molar-refractivity contribution < 1.29 is 9.53 Å². The molecule has 5 nitrogen and oxygen atoms in total. The molecule has 1 unspecified atom stereocenters. The number of carbonyl (C=O) groups excluding carboxylic acids is 1. The van der Waals surface area contributed by atoms with Gasteiger partial charge in [0, 0.05) is 25.9 Å². The number of rotatable bonds is 5. The van der Waals surface area contributed by atoms with Crippen LogP contribution in [0.3, 0.4) is 0 Å². The Balaban J connectivity index is 1.66. The Morgan fingerprint density at radius 3 is 3.00 bits per heavy atom. The van der Waals surface area contributed by atoms with Gasteiger partial charge in [-0.15, -0.1) is 11.3 Å². The van der Waals surface area contributed by atoms with Crippen molar-refractivity contribution in [3.63, 3.8) is 0 Å². The van der Waals surface area contributed by atoms with E-state index in [2.05, 4.69) is 10.3 Å². The SMILES string of the molecule is CN(CC1CCCOC1)C(=O)c1ncsc1Nc1ccccc1. The van der Waals surface area contributed by atoms with Crippen molar-refractivity contribution in [3.8, 4) is 0 Å². The summed E-state index contributed by atoms with van der Waals surface area (Å²) >= 11 is 1.44. The number of benzene rings is 1. The first kappa shape index (κ1) is 16.0. The molecule has 1 aromatic carbocycles. The van der Waals surface area contributed by atoms with Crippen molar-refractivity contribution in [2.24, 2.45) is 5.92 Å².